The minimum absolute atomic E-state index is 0.0679. The van der Waals surface area contributed by atoms with Crippen molar-refractivity contribution >= 4 is 5.91 Å². The van der Waals surface area contributed by atoms with Crippen molar-refractivity contribution in [3.05, 3.63) is 17.5 Å². The van der Waals surface area contributed by atoms with Crippen LogP contribution in [0.4, 0.5) is 0 Å². The molecule has 1 aliphatic heterocycles. The Morgan fingerprint density at radius 1 is 1.57 bits per heavy atom. The zero-order valence-electron chi connectivity index (χ0n) is 13.1. The summed E-state index contributed by atoms with van der Waals surface area (Å²) in [7, 11) is 0. The third kappa shape index (κ3) is 3.63. The van der Waals surface area contributed by atoms with E-state index < -0.39 is 0 Å². The van der Waals surface area contributed by atoms with Crippen LogP contribution < -0.4 is 0 Å². The van der Waals surface area contributed by atoms with Crippen LogP contribution in [-0.2, 0) is 17.7 Å². The molecule has 0 aromatic carbocycles. The molecule has 0 radical (unpaired) electrons. The molecular formula is C15H25N3O3. The van der Waals surface area contributed by atoms with Crippen molar-refractivity contribution in [3.63, 3.8) is 0 Å². The van der Waals surface area contributed by atoms with E-state index in [4.69, 9.17) is 4.74 Å². The van der Waals surface area contributed by atoms with Gasteiger partial charge in [0.25, 0.3) is 5.91 Å². The molecular weight excluding hydrogens is 270 g/mol. The summed E-state index contributed by atoms with van der Waals surface area (Å²) in [4.78, 5) is 14.4. The molecule has 2 heterocycles. The number of ether oxygens (including phenoxy) is 1. The van der Waals surface area contributed by atoms with Crippen LogP contribution in [0.25, 0.3) is 0 Å². The van der Waals surface area contributed by atoms with E-state index in [9.17, 15) is 9.90 Å². The average molecular weight is 295 g/mol. The van der Waals surface area contributed by atoms with E-state index in [1.165, 1.54) is 0 Å². The summed E-state index contributed by atoms with van der Waals surface area (Å²) in [5.41, 5.74) is 1.55. The molecule has 0 aliphatic carbocycles. The fourth-order valence-electron chi connectivity index (χ4n) is 2.62. The third-order valence-electron chi connectivity index (χ3n) is 3.67. The van der Waals surface area contributed by atoms with Crippen molar-refractivity contribution < 1.29 is 14.6 Å². The van der Waals surface area contributed by atoms with Crippen LogP contribution in [0.3, 0.4) is 0 Å². The number of aliphatic hydroxyl groups excluding tert-OH is 1. The Morgan fingerprint density at radius 3 is 2.95 bits per heavy atom. The van der Waals surface area contributed by atoms with Crippen molar-refractivity contribution in [2.45, 2.75) is 39.8 Å². The SMILES string of the molecule is CCn1nc(CC(C)C)cc1C(=O)N1CCOC[C@@H]1CO. The van der Waals surface area contributed by atoms with E-state index >= 15 is 0 Å². The van der Waals surface area contributed by atoms with Crippen molar-refractivity contribution in [2.75, 3.05) is 26.4 Å². The molecule has 1 atom stereocenters. The summed E-state index contributed by atoms with van der Waals surface area (Å²) in [6, 6.07) is 1.62. The van der Waals surface area contributed by atoms with Gasteiger partial charge < -0.3 is 14.7 Å². The summed E-state index contributed by atoms with van der Waals surface area (Å²) in [5, 5.41) is 13.9. The van der Waals surface area contributed by atoms with Gasteiger partial charge in [0.2, 0.25) is 0 Å². The van der Waals surface area contributed by atoms with E-state index in [1.54, 1.807) is 9.58 Å². The molecule has 0 saturated carbocycles. The lowest BCUT2D eigenvalue weighted by atomic mass is 10.1. The van der Waals surface area contributed by atoms with Gasteiger partial charge in [0.15, 0.2) is 0 Å². The number of aryl methyl sites for hydroxylation is 1. The first-order chi connectivity index (χ1) is 10.1. The highest BCUT2D eigenvalue weighted by molar-refractivity contribution is 5.93. The van der Waals surface area contributed by atoms with Gasteiger partial charge in [-0.2, -0.15) is 5.10 Å². The van der Waals surface area contributed by atoms with Gasteiger partial charge in [-0.15, -0.1) is 0 Å². The predicted molar refractivity (Wildman–Crippen MR) is 79.2 cm³/mol. The zero-order valence-corrected chi connectivity index (χ0v) is 13.1. The fourth-order valence-corrected chi connectivity index (χ4v) is 2.62. The Bertz CT molecular complexity index is 485. The number of aliphatic hydroxyl groups is 1. The summed E-state index contributed by atoms with van der Waals surface area (Å²) in [5.74, 6) is 0.434. The van der Waals surface area contributed by atoms with Gasteiger partial charge in [0.05, 0.1) is 31.6 Å². The molecule has 0 spiro atoms. The minimum Gasteiger partial charge on any atom is -0.394 e. The summed E-state index contributed by atoms with van der Waals surface area (Å²) in [6.45, 7) is 8.25. The highest BCUT2D eigenvalue weighted by Gasteiger charge is 2.29. The second kappa shape index (κ2) is 7.04. The molecule has 1 N–H and O–H groups in total. The Hall–Kier alpha value is -1.40. The summed E-state index contributed by atoms with van der Waals surface area (Å²) >= 11 is 0. The van der Waals surface area contributed by atoms with Crippen molar-refractivity contribution in [2.24, 2.45) is 5.92 Å². The van der Waals surface area contributed by atoms with E-state index in [2.05, 4.69) is 18.9 Å². The minimum atomic E-state index is -0.264. The number of hydrogen-bond acceptors (Lipinski definition) is 4. The van der Waals surface area contributed by atoms with Gasteiger partial charge in [-0.1, -0.05) is 13.8 Å². The van der Waals surface area contributed by atoms with Crippen LogP contribution in [0, 0.1) is 5.92 Å². The highest BCUT2D eigenvalue weighted by Crippen LogP contribution is 2.15. The van der Waals surface area contributed by atoms with Gasteiger partial charge in [-0.3, -0.25) is 9.48 Å². The maximum Gasteiger partial charge on any atom is 0.272 e. The lowest BCUT2D eigenvalue weighted by Gasteiger charge is -2.34. The quantitative estimate of drug-likeness (QED) is 0.877. The van der Waals surface area contributed by atoms with Crippen molar-refractivity contribution in [3.8, 4) is 0 Å². The number of morpholine rings is 1. The smallest absolute Gasteiger partial charge is 0.272 e. The largest absolute Gasteiger partial charge is 0.394 e. The van der Waals surface area contributed by atoms with E-state index in [-0.39, 0.29) is 18.6 Å². The Kier molecular flexibility index (Phi) is 5.36. The van der Waals surface area contributed by atoms with Crippen molar-refractivity contribution in [1.29, 1.82) is 0 Å². The van der Waals surface area contributed by atoms with Crippen LogP contribution >= 0.6 is 0 Å². The standard InChI is InChI=1S/C15H25N3O3/c1-4-18-14(8-12(16-18)7-11(2)3)15(20)17-5-6-21-10-13(17)9-19/h8,11,13,19H,4-7,9-10H2,1-3H3/t13-/m0/s1. The van der Waals surface area contributed by atoms with Crippen LogP contribution in [0.1, 0.15) is 37.0 Å². The van der Waals surface area contributed by atoms with E-state index in [0.717, 1.165) is 12.1 Å². The number of hydrogen-bond donors (Lipinski definition) is 1. The third-order valence-corrected chi connectivity index (χ3v) is 3.67. The number of nitrogens with zero attached hydrogens (tertiary/aromatic N) is 3. The Balaban J connectivity index is 2.22. The summed E-state index contributed by atoms with van der Waals surface area (Å²) in [6.07, 6.45) is 0.861. The second-order valence-corrected chi connectivity index (χ2v) is 5.84. The number of aromatic nitrogens is 2. The molecule has 1 fully saturated rings. The first-order valence-corrected chi connectivity index (χ1v) is 7.63. The Morgan fingerprint density at radius 2 is 2.33 bits per heavy atom. The zero-order chi connectivity index (χ0) is 15.4. The predicted octanol–water partition coefficient (Wildman–Crippen LogP) is 0.935. The van der Waals surface area contributed by atoms with E-state index in [1.807, 2.05) is 13.0 Å². The molecule has 21 heavy (non-hydrogen) atoms. The molecule has 1 aromatic heterocycles. The molecule has 2 rings (SSSR count). The van der Waals surface area contributed by atoms with Crippen molar-refractivity contribution in [1.82, 2.24) is 14.7 Å². The first kappa shape index (κ1) is 16.0. The molecule has 1 aromatic rings. The fraction of sp³-hybridized carbons (Fsp3) is 0.733. The van der Waals surface area contributed by atoms with Crippen LogP contribution in [0.2, 0.25) is 0 Å². The second-order valence-electron chi connectivity index (χ2n) is 5.84. The number of carbonyl (C=O) groups excluding carboxylic acids is 1. The maximum atomic E-state index is 12.7. The Labute approximate surface area is 125 Å². The first-order valence-electron chi connectivity index (χ1n) is 7.63. The summed E-state index contributed by atoms with van der Waals surface area (Å²) < 4.78 is 7.08. The highest BCUT2D eigenvalue weighted by atomic mass is 16.5. The molecule has 6 heteroatoms. The van der Waals surface area contributed by atoms with Gasteiger partial charge in [-0.25, -0.2) is 0 Å². The molecule has 1 aliphatic rings. The lowest BCUT2D eigenvalue weighted by Crippen LogP contribution is -2.50. The van der Waals surface area contributed by atoms with Gasteiger partial charge >= 0.3 is 0 Å². The van der Waals surface area contributed by atoms with Gasteiger partial charge in [0, 0.05) is 13.1 Å². The van der Waals surface area contributed by atoms with Gasteiger partial charge in [0.1, 0.15) is 5.69 Å². The maximum absolute atomic E-state index is 12.7. The van der Waals surface area contributed by atoms with Crippen LogP contribution in [0.15, 0.2) is 6.07 Å². The van der Waals surface area contributed by atoms with Crippen LogP contribution in [-0.4, -0.2) is 58.1 Å². The lowest BCUT2D eigenvalue weighted by molar-refractivity contribution is -0.0189. The average Bonchev–Trinajstić information content (AvgIpc) is 2.88. The van der Waals surface area contributed by atoms with Gasteiger partial charge in [-0.05, 0) is 25.3 Å². The molecule has 1 amide bonds. The molecule has 0 unspecified atom stereocenters. The number of amides is 1. The molecule has 118 valence electrons. The number of rotatable bonds is 5. The molecule has 1 saturated heterocycles. The normalized spacial score (nSPS) is 19.3. The topological polar surface area (TPSA) is 67.6 Å². The monoisotopic (exact) mass is 295 g/mol. The van der Waals surface area contributed by atoms with E-state index in [0.29, 0.717) is 37.9 Å². The molecule has 6 nitrogen and oxygen atoms in total. The molecule has 0 bridgehead atoms. The number of carbonyl (C=O) groups is 1. The van der Waals surface area contributed by atoms with Crippen LogP contribution in [0.5, 0.6) is 0 Å².